The van der Waals surface area contributed by atoms with E-state index in [0.29, 0.717) is 0 Å². The third kappa shape index (κ3) is 6.01. The Morgan fingerprint density at radius 3 is 2.12 bits per heavy atom. The molecule has 3 aliphatic heterocycles. The van der Waals surface area contributed by atoms with Gasteiger partial charge in [-0.15, -0.1) is 0 Å². The van der Waals surface area contributed by atoms with E-state index in [9.17, 15) is 0 Å². The van der Waals surface area contributed by atoms with Gasteiger partial charge in [-0.1, -0.05) is 164 Å². The number of anilines is 3. The van der Waals surface area contributed by atoms with Gasteiger partial charge in [-0.25, -0.2) is 9.98 Å². The van der Waals surface area contributed by atoms with E-state index in [2.05, 4.69) is 209 Å². The van der Waals surface area contributed by atoms with E-state index < -0.39 is 0 Å². The zero-order valence-corrected chi connectivity index (χ0v) is 32.3. The minimum atomic E-state index is -0.161. The normalized spacial score (nSPS) is 26.4. The zero-order chi connectivity index (χ0) is 38.4. The first kappa shape index (κ1) is 34.5. The lowest BCUT2D eigenvalue weighted by molar-refractivity contribution is 0.512. The number of nitrogens with one attached hydrogen (secondary N) is 1. The Balaban J connectivity index is 0.975. The molecule has 4 aromatic carbocycles. The topological polar surface area (TPSA) is 43.2 Å². The van der Waals surface area contributed by atoms with Gasteiger partial charge in [-0.3, -0.25) is 0 Å². The molecule has 11 rings (SSSR count). The Bertz CT molecular complexity index is 2610. The number of hydrogen-bond donors (Lipinski definition) is 1. The molecule has 4 aliphatic carbocycles. The van der Waals surface area contributed by atoms with Crippen molar-refractivity contribution in [3.63, 3.8) is 0 Å². The third-order valence-electron chi connectivity index (χ3n) is 12.5. The van der Waals surface area contributed by atoms with Crippen LogP contribution in [0.5, 0.6) is 0 Å². The summed E-state index contributed by atoms with van der Waals surface area (Å²) in [6.07, 6.45) is 34.9. The van der Waals surface area contributed by atoms with Crippen molar-refractivity contribution < 1.29 is 0 Å². The van der Waals surface area contributed by atoms with Gasteiger partial charge in [-0.05, 0) is 60.8 Å². The van der Waals surface area contributed by atoms with Gasteiger partial charge in [0.05, 0.1) is 23.1 Å². The second-order valence-corrected chi connectivity index (χ2v) is 16.0. The first-order chi connectivity index (χ1) is 28.8. The van der Waals surface area contributed by atoms with E-state index in [1.165, 1.54) is 50.7 Å². The first-order valence-electron chi connectivity index (χ1n) is 20.8. The molecule has 6 atom stereocenters. The van der Waals surface area contributed by atoms with Gasteiger partial charge >= 0.3 is 0 Å². The van der Waals surface area contributed by atoms with Crippen LogP contribution in [0.4, 0.5) is 17.1 Å². The van der Waals surface area contributed by atoms with Crippen molar-refractivity contribution in [3.05, 3.63) is 222 Å². The summed E-state index contributed by atoms with van der Waals surface area (Å²) in [5.41, 5.74) is 12.4. The lowest BCUT2D eigenvalue weighted by atomic mass is 9.84. The van der Waals surface area contributed by atoms with Crippen molar-refractivity contribution >= 4 is 40.0 Å². The van der Waals surface area contributed by atoms with Gasteiger partial charge in [0, 0.05) is 51.7 Å². The number of benzene rings is 4. The Morgan fingerprint density at radius 1 is 0.586 bits per heavy atom. The van der Waals surface area contributed by atoms with Crippen LogP contribution in [0.25, 0.3) is 11.3 Å². The van der Waals surface area contributed by atoms with Crippen LogP contribution in [0.1, 0.15) is 36.0 Å². The molecule has 0 fully saturated rings. The summed E-state index contributed by atoms with van der Waals surface area (Å²) < 4.78 is 0. The molecule has 6 unspecified atom stereocenters. The first-order valence-corrected chi connectivity index (χ1v) is 20.8. The number of aliphatic imine (C=N–C) groups is 2. The molecule has 0 spiro atoms. The smallest absolute Gasteiger partial charge is 0.150 e. The standard InChI is InChI=1S/C53H45N5/c1-4-18-36(19-5-1)51-54-52(37-20-6-2-7-21-37)56-53(55-51)40-24-16-22-38(34-40)39-23-17-27-42(35-39)57-46-31-13-10-28-43(46)49-44-29-11-14-32-47(44)58(41-25-8-3-9-26-41)50(49)45-30-12-15-33-48(45)57/h1-20,22,25-35,37,39-40,44,47,52H,21,23-24H2,(H,54,55,56). The molecule has 5 nitrogen and oxygen atoms in total. The fourth-order valence-electron chi connectivity index (χ4n) is 9.81. The summed E-state index contributed by atoms with van der Waals surface area (Å²) >= 11 is 0. The average Bonchev–Trinajstić information content (AvgIpc) is 3.59. The second-order valence-electron chi connectivity index (χ2n) is 16.0. The van der Waals surface area contributed by atoms with E-state index in [-0.39, 0.29) is 35.9 Å². The largest absolute Gasteiger partial charge is 0.333 e. The van der Waals surface area contributed by atoms with Crippen LogP contribution in [0.15, 0.2) is 216 Å². The molecule has 7 aliphatic rings. The highest BCUT2D eigenvalue weighted by atomic mass is 15.2. The number of hydrogen-bond acceptors (Lipinski definition) is 5. The van der Waals surface area contributed by atoms with Crippen LogP contribution in [-0.2, 0) is 0 Å². The highest BCUT2D eigenvalue weighted by molar-refractivity contribution is 6.12. The quantitative estimate of drug-likeness (QED) is 0.213. The molecular formula is C53H45N5. The molecule has 0 saturated heterocycles. The minimum Gasteiger partial charge on any atom is -0.333 e. The Kier molecular flexibility index (Phi) is 8.72. The Hall–Kier alpha value is -6.72. The van der Waals surface area contributed by atoms with Crippen LogP contribution >= 0.6 is 0 Å². The van der Waals surface area contributed by atoms with Crippen LogP contribution < -0.4 is 15.1 Å². The van der Waals surface area contributed by atoms with Crippen molar-refractivity contribution in [2.75, 3.05) is 9.80 Å². The number of rotatable bonds is 6. The predicted octanol–water partition coefficient (Wildman–Crippen LogP) is 11.5. The van der Waals surface area contributed by atoms with Gasteiger partial charge in [0.1, 0.15) is 11.7 Å². The Morgan fingerprint density at radius 2 is 1.29 bits per heavy atom. The molecule has 1 N–H and O–H groups in total. The third-order valence-corrected chi connectivity index (χ3v) is 12.5. The van der Waals surface area contributed by atoms with E-state index in [4.69, 9.17) is 9.98 Å². The number of allylic oxidation sites excluding steroid dienone is 11. The maximum absolute atomic E-state index is 5.32. The summed E-state index contributed by atoms with van der Waals surface area (Å²) in [4.78, 5) is 15.6. The molecule has 0 saturated carbocycles. The molecular weight excluding hydrogens is 707 g/mol. The lowest BCUT2D eigenvalue weighted by Crippen LogP contribution is -2.42. The average molecular weight is 752 g/mol. The number of para-hydroxylation sites is 3. The Labute approximate surface area is 341 Å². The summed E-state index contributed by atoms with van der Waals surface area (Å²) in [6, 6.07) is 39.7. The molecule has 0 aromatic heterocycles. The predicted molar refractivity (Wildman–Crippen MR) is 241 cm³/mol. The number of amidine groups is 2. The highest BCUT2D eigenvalue weighted by Gasteiger charge is 2.44. The van der Waals surface area contributed by atoms with Crippen molar-refractivity contribution in [1.29, 1.82) is 0 Å². The molecule has 58 heavy (non-hydrogen) atoms. The summed E-state index contributed by atoms with van der Waals surface area (Å²) in [5, 5.41) is 3.70. The van der Waals surface area contributed by atoms with Gasteiger partial charge in [0.2, 0.25) is 0 Å². The molecule has 4 aromatic rings. The molecule has 3 heterocycles. The fourth-order valence-corrected chi connectivity index (χ4v) is 9.81. The van der Waals surface area contributed by atoms with Crippen LogP contribution in [0.2, 0.25) is 0 Å². The molecule has 282 valence electrons. The molecule has 0 amide bonds. The van der Waals surface area contributed by atoms with E-state index in [1.54, 1.807) is 0 Å². The van der Waals surface area contributed by atoms with Crippen LogP contribution in [0.3, 0.4) is 0 Å². The van der Waals surface area contributed by atoms with Gasteiger partial charge in [-0.2, -0.15) is 0 Å². The number of nitrogens with zero attached hydrogens (tertiary/aromatic N) is 4. The van der Waals surface area contributed by atoms with Crippen molar-refractivity contribution in [1.82, 2.24) is 5.32 Å². The van der Waals surface area contributed by atoms with E-state index in [0.717, 1.165) is 36.5 Å². The number of fused-ring (bicyclic) bond motifs is 6. The summed E-state index contributed by atoms with van der Waals surface area (Å²) in [6.45, 7) is 0. The van der Waals surface area contributed by atoms with Crippen LogP contribution in [-0.4, -0.2) is 23.9 Å². The van der Waals surface area contributed by atoms with E-state index in [1.807, 2.05) is 0 Å². The summed E-state index contributed by atoms with van der Waals surface area (Å²) in [5.74, 6) is 2.71. The lowest BCUT2D eigenvalue weighted by Gasteiger charge is -2.35. The second kappa shape index (κ2) is 14.7. The van der Waals surface area contributed by atoms with Gasteiger partial charge in [0.25, 0.3) is 0 Å². The molecule has 5 heteroatoms. The molecule has 0 radical (unpaired) electrons. The van der Waals surface area contributed by atoms with Gasteiger partial charge < -0.3 is 15.1 Å². The maximum Gasteiger partial charge on any atom is 0.150 e. The van der Waals surface area contributed by atoms with E-state index >= 15 is 0 Å². The van der Waals surface area contributed by atoms with Crippen molar-refractivity contribution in [2.45, 2.75) is 31.5 Å². The SMILES string of the molecule is C1=CCC(C2N=C(c3ccccc3)NC(C3C=C(C4C=C(N5c6ccccc6C6=C(c7ccccc75)N(c5ccccc5)C5C=CC=CC65)C=CC4)C=CC3)=N2)C=C1. The van der Waals surface area contributed by atoms with Crippen LogP contribution in [0, 0.1) is 23.7 Å². The van der Waals surface area contributed by atoms with Crippen molar-refractivity contribution in [2.24, 2.45) is 33.7 Å². The van der Waals surface area contributed by atoms with Crippen molar-refractivity contribution in [3.8, 4) is 0 Å². The fraction of sp³-hybridized carbons (Fsp3) is 0.170. The highest BCUT2D eigenvalue weighted by Crippen LogP contribution is 2.56. The minimum absolute atomic E-state index is 0.129. The zero-order valence-electron chi connectivity index (χ0n) is 32.3. The summed E-state index contributed by atoms with van der Waals surface area (Å²) in [7, 11) is 0. The monoisotopic (exact) mass is 751 g/mol. The maximum atomic E-state index is 5.32. The molecule has 0 bridgehead atoms. The van der Waals surface area contributed by atoms with Gasteiger partial charge in [0.15, 0.2) is 6.17 Å².